The first-order chi connectivity index (χ1) is 31.2. The lowest BCUT2D eigenvalue weighted by atomic mass is 9.82. The average molecular weight is 853 g/mol. The van der Waals surface area contributed by atoms with E-state index in [1.165, 1.54) is 10.0 Å². The second-order valence-corrected chi connectivity index (χ2v) is 16.3. The van der Waals surface area contributed by atoms with E-state index in [0.717, 1.165) is 33.7 Å². The van der Waals surface area contributed by atoms with Crippen LogP contribution in [0.4, 0.5) is 17.1 Å². The Bertz CT molecular complexity index is 2770. The van der Waals surface area contributed by atoms with E-state index in [1.807, 2.05) is 134 Å². The molecular formula is C51H48N8O5. The first-order valence-corrected chi connectivity index (χ1v) is 21.6. The van der Waals surface area contributed by atoms with Crippen molar-refractivity contribution in [2.45, 2.75) is 63.6 Å². The van der Waals surface area contributed by atoms with E-state index in [4.69, 9.17) is 10.2 Å². The van der Waals surface area contributed by atoms with Crippen molar-refractivity contribution in [3.05, 3.63) is 185 Å². The molecule has 3 aliphatic heterocycles. The highest BCUT2D eigenvalue weighted by Crippen LogP contribution is 2.47. The van der Waals surface area contributed by atoms with Gasteiger partial charge >= 0.3 is 0 Å². The second kappa shape index (κ2) is 18.2. The van der Waals surface area contributed by atoms with E-state index in [1.54, 1.807) is 34.7 Å². The van der Waals surface area contributed by atoms with Gasteiger partial charge in [-0.15, -0.1) is 5.10 Å². The highest BCUT2D eigenvalue weighted by molar-refractivity contribution is 6.11. The highest BCUT2D eigenvalue weighted by Gasteiger charge is 2.53. The van der Waals surface area contributed by atoms with E-state index in [9.17, 15) is 24.6 Å². The number of aliphatic hydroxyl groups excluding tert-OH is 1. The summed E-state index contributed by atoms with van der Waals surface area (Å²) in [7, 11) is 0. The first kappa shape index (κ1) is 42.0. The molecule has 3 atom stereocenters. The summed E-state index contributed by atoms with van der Waals surface area (Å²) in [4.78, 5) is 43.1. The van der Waals surface area contributed by atoms with Crippen LogP contribution in [0.1, 0.15) is 78.5 Å². The maximum Gasteiger partial charge on any atom is 0.264 e. The molecule has 1 aromatic heterocycles. The van der Waals surface area contributed by atoms with Crippen molar-refractivity contribution in [2.24, 2.45) is 16.1 Å². The number of aliphatic hydroxyl groups is 2. The quantitative estimate of drug-likeness (QED) is 0.108. The Balaban J connectivity index is 1.00. The second-order valence-electron chi connectivity index (χ2n) is 16.3. The molecule has 0 aliphatic carbocycles. The van der Waals surface area contributed by atoms with Gasteiger partial charge in [-0.1, -0.05) is 127 Å². The van der Waals surface area contributed by atoms with Gasteiger partial charge in [0.15, 0.2) is 5.60 Å². The Labute approximate surface area is 371 Å². The van der Waals surface area contributed by atoms with Gasteiger partial charge in [-0.2, -0.15) is 10.2 Å². The number of carbonyl (C=O) groups is 3. The summed E-state index contributed by atoms with van der Waals surface area (Å²) in [6.07, 6.45) is 7.70. The van der Waals surface area contributed by atoms with Crippen LogP contribution in [-0.2, 0) is 33.1 Å². The average Bonchev–Trinajstić information content (AvgIpc) is 3.89. The number of carbonyl (C=O) groups excluding carboxylic acids is 3. The number of aromatic nitrogens is 3. The lowest BCUT2D eigenvalue weighted by Gasteiger charge is -2.29. The normalized spacial score (nSPS) is 18.6. The lowest BCUT2D eigenvalue weighted by Crippen LogP contribution is -2.44. The molecule has 5 aromatic carbocycles. The summed E-state index contributed by atoms with van der Waals surface area (Å²) < 4.78 is 1.72. The zero-order valence-electron chi connectivity index (χ0n) is 35.4. The van der Waals surface area contributed by atoms with Crippen LogP contribution in [0, 0.1) is 5.92 Å². The van der Waals surface area contributed by atoms with E-state index in [0.29, 0.717) is 60.5 Å². The third-order valence-electron chi connectivity index (χ3n) is 12.2. The van der Waals surface area contributed by atoms with Crippen molar-refractivity contribution in [3.63, 3.8) is 0 Å². The maximum absolute atomic E-state index is 14.8. The standard InChI is InChI=1S/C51H48N8O5/c1-35(14-11-12-29-56-33-46(52-55-56)42(34-60)37-16-5-2-6-17-37)51(64)43-31-41(59-49(62)28-25-45(54-59)39-20-9-4-10-21-39)23-26-47(43)57(50(51)63)32-36-15-13-22-40(30-36)58-48(61)27-24-44(53-58)38-18-7-3-8-19-38/h2-11,13-23,26,30-31,33,35,42,60,64H,12,24-25,27-29,32,34H2,1H3/b14-11+/t35-,42?,51+/m1/s1. The lowest BCUT2D eigenvalue weighted by molar-refractivity contribution is -0.139. The van der Waals surface area contributed by atoms with Crippen molar-refractivity contribution < 1.29 is 24.6 Å². The van der Waals surface area contributed by atoms with Crippen molar-refractivity contribution in [2.75, 3.05) is 21.5 Å². The van der Waals surface area contributed by atoms with Crippen LogP contribution in [0.25, 0.3) is 0 Å². The Morgan fingerprint density at radius 1 is 0.719 bits per heavy atom. The highest BCUT2D eigenvalue weighted by atomic mass is 16.3. The molecule has 6 aromatic rings. The number of anilines is 3. The van der Waals surface area contributed by atoms with Crippen LogP contribution in [0.15, 0.2) is 162 Å². The molecular weight excluding hydrogens is 805 g/mol. The third kappa shape index (κ3) is 8.30. The predicted molar refractivity (Wildman–Crippen MR) is 246 cm³/mol. The molecule has 0 saturated heterocycles. The number of hydrogen-bond acceptors (Lipinski definition) is 9. The van der Waals surface area contributed by atoms with Crippen molar-refractivity contribution in [1.82, 2.24) is 15.0 Å². The number of nitrogens with zero attached hydrogens (tertiary/aromatic N) is 8. The first-order valence-electron chi connectivity index (χ1n) is 21.6. The minimum absolute atomic E-state index is 0.0977. The fraction of sp³-hybridized carbons (Fsp3) is 0.235. The molecule has 322 valence electrons. The molecule has 0 spiro atoms. The predicted octanol–water partition coefficient (Wildman–Crippen LogP) is 7.48. The van der Waals surface area contributed by atoms with Crippen LogP contribution < -0.4 is 14.9 Å². The molecule has 2 N–H and O–H groups in total. The molecule has 4 heterocycles. The molecule has 0 fully saturated rings. The van der Waals surface area contributed by atoms with Gasteiger partial charge in [0, 0.05) is 49.9 Å². The molecule has 13 nitrogen and oxygen atoms in total. The third-order valence-corrected chi connectivity index (χ3v) is 12.2. The van der Waals surface area contributed by atoms with Gasteiger partial charge in [0.2, 0.25) is 11.8 Å². The van der Waals surface area contributed by atoms with Crippen molar-refractivity contribution in [1.29, 1.82) is 0 Å². The monoisotopic (exact) mass is 852 g/mol. The Kier molecular flexibility index (Phi) is 11.9. The Morgan fingerprint density at radius 3 is 1.95 bits per heavy atom. The van der Waals surface area contributed by atoms with Crippen LogP contribution >= 0.6 is 0 Å². The zero-order chi connectivity index (χ0) is 44.2. The molecule has 1 unspecified atom stereocenters. The fourth-order valence-electron chi connectivity index (χ4n) is 8.66. The van der Waals surface area contributed by atoms with E-state index < -0.39 is 17.4 Å². The Hall–Kier alpha value is -7.35. The topological polar surface area (TPSA) is 157 Å². The number of benzene rings is 5. The van der Waals surface area contributed by atoms with Crippen molar-refractivity contribution >= 4 is 46.2 Å². The van der Waals surface area contributed by atoms with Gasteiger partial charge in [0.05, 0.1) is 53.2 Å². The van der Waals surface area contributed by atoms with Crippen molar-refractivity contribution in [3.8, 4) is 0 Å². The van der Waals surface area contributed by atoms with E-state index in [2.05, 4.69) is 10.3 Å². The molecule has 3 amide bonds. The largest absolute Gasteiger partial charge is 0.395 e. The maximum atomic E-state index is 14.8. The van der Waals surface area contributed by atoms with Gasteiger partial charge in [-0.3, -0.25) is 19.1 Å². The van der Waals surface area contributed by atoms with E-state index >= 15 is 0 Å². The van der Waals surface area contributed by atoms with Crippen LogP contribution in [-0.4, -0.2) is 61.0 Å². The smallest absolute Gasteiger partial charge is 0.264 e. The van der Waals surface area contributed by atoms with Gasteiger partial charge < -0.3 is 15.1 Å². The minimum Gasteiger partial charge on any atom is -0.395 e. The number of hydrazone groups is 2. The van der Waals surface area contributed by atoms with Gasteiger partial charge in [0.25, 0.3) is 5.91 Å². The minimum atomic E-state index is -2.01. The number of aryl methyl sites for hydroxylation is 1. The summed E-state index contributed by atoms with van der Waals surface area (Å²) in [6, 6.07) is 41.8. The molecule has 9 rings (SSSR count). The number of rotatable bonds is 14. The van der Waals surface area contributed by atoms with Crippen LogP contribution in [0.5, 0.6) is 0 Å². The molecule has 3 aliphatic rings. The SMILES string of the molecule is C[C@H](/C=C/CCn1cc(C(CO)c2ccccc2)nn1)[C@@]1(O)C(=O)N(Cc2cccc(N3N=C(c4ccccc4)CCC3=O)c2)c2ccc(N3N=C(c4ccccc4)CCC3=O)cc21. The number of amides is 3. The van der Waals surface area contributed by atoms with Crippen LogP contribution in [0.2, 0.25) is 0 Å². The number of hydrogen-bond donors (Lipinski definition) is 2. The Morgan fingerprint density at radius 2 is 1.33 bits per heavy atom. The number of fused-ring (bicyclic) bond motifs is 1. The summed E-state index contributed by atoms with van der Waals surface area (Å²) in [5.41, 5.74) is 5.66. The molecule has 0 saturated carbocycles. The van der Waals surface area contributed by atoms with E-state index in [-0.39, 0.29) is 37.3 Å². The molecule has 0 bridgehead atoms. The van der Waals surface area contributed by atoms with Gasteiger partial charge in [0.1, 0.15) is 0 Å². The molecule has 13 heteroatoms. The van der Waals surface area contributed by atoms with Gasteiger partial charge in [-0.25, -0.2) is 10.0 Å². The molecule has 0 radical (unpaired) electrons. The molecule has 64 heavy (non-hydrogen) atoms. The zero-order valence-corrected chi connectivity index (χ0v) is 35.4. The number of allylic oxidation sites excluding steroid dienone is 1. The summed E-state index contributed by atoms with van der Waals surface area (Å²) in [6.45, 7) is 2.28. The summed E-state index contributed by atoms with van der Waals surface area (Å²) >= 11 is 0. The summed E-state index contributed by atoms with van der Waals surface area (Å²) in [5, 5.41) is 43.9. The van der Waals surface area contributed by atoms with Crippen LogP contribution in [0.3, 0.4) is 0 Å². The fourth-order valence-corrected chi connectivity index (χ4v) is 8.66. The van der Waals surface area contributed by atoms with Gasteiger partial charge in [-0.05, 0) is 59.0 Å². The summed E-state index contributed by atoms with van der Waals surface area (Å²) in [5.74, 6) is -1.84.